The lowest BCUT2D eigenvalue weighted by molar-refractivity contribution is -0.136. The predicted molar refractivity (Wildman–Crippen MR) is 45.9 cm³/mol. The highest BCUT2D eigenvalue weighted by atomic mass is 16.2. The fourth-order valence-corrected chi connectivity index (χ4v) is 1.46. The molecule has 0 N–H and O–H groups in total. The van der Waals surface area contributed by atoms with Gasteiger partial charge in [-0.25, -0.2) is 9.67 Å². The van der Waals surface area contributed by atoms with E-state index < -0.39 is 0 Å². The highest BCUT2D eigenvalue weighted by Gasteiger charge is 2.31. The molecule has 0 bridgehead atoms. The quantitative estimate of drug-likeness (QED) is 0.647. The minimum absolute atomic E-state index is 0.219. The second-order valence-corrected chi connectivity index (χ2v) is 3.18. The van der Waals surface area contributed by atoms with E-state index in [0.29, 0.717) is 12.5 Å². The first kappa shape index (κ1) is 8.22. The second kappa shape index (κ2) is 3.16. The molecular weight excluding hydrogens is 168 g/mol. The zero-order valence-corrected chi connectivity index (χ0v) is 7.55. The molecule has 0 unspecified atom stereocenters. The second-order valence-electron chi connectivity index (χ2n) is 3.18. The van der Waals surface area contributed by atoms with E-state index in [1.54, 1.807) is 11.0 Å². The van der Waals surface area contributed by atoms with E-state index in [0.717, 1.165) is 13.1 Å². The van der Waals surface area contributed by atoms with E-state index >= 15 is 0 Å². The number of carbonyl (C=O) groups is 1. The summed E-state index contributed by atoms with van der Waals surface area (Å²) in [5, 5.41) is 4.03. The number of likely N-dealkylation sites (tertiary alicyclic amines) is 1. The molecule has 1 saturated heterocycles. The topological polar surface area (TPSA) is 51.0 Å². The molecule has 5 heteroatoms. The van der Waals surface area contributed by atoms with E-state index in [-0.39, 0.29) is 5.91 Å². The molecule has 1 aliphatic heterocycles. The van der Waals surface area contributed by atoms with Gasteiger partial charge in [-0.2, -0.15) is 5.10 Å². The largest absolute Gasteiger partial charge is 0.338 e. The lowest BCUT2D eigenvalue weighted by Crippen LogP contribution is -2.50. The monoisotopic (exact) mass is 180 g/mol. The number of carbonyl (C=O) groups excluding carboxylic acids is 1. The van der Waals surface area contributed by atoms with Gasteiger partial charge in [0.15, 0.2) is 0 Å². The summed E-state index contributed by atoms with van der Waals surface area (Å²) < 4.78 is 1.80. The van der Waals surface area contributed by atoms with Crippen LogP contribution < -0.4 is 0 Å². The van der Waals surface area contributed by atoms with Crippen LogP contribution in [0.15, 0.2) is 12.7 Å². The zero-order chi connectivity index (χ0) is 9.26. The van der Waals surface area contributed by atoms with E-state index in [2.05, 4.69) is 10.1 Å². The van der Waals surface area contributed by atoms with Gasteiger partial charge in [0.2, 0.25) is 5.91 Å². The van der Waals surface area contributed by atoms with Crippen LogP contribution in [0.2, 0.25) is 0 Å². The first-order valence-electron chi connectivity index (χ1n) is 4.43. The number of nitrogens with zero attached hydrogens (tertiary/aromatic N) is 4. The highest BCUT2D eigenvalue weighted by molar-refractivity contribution is 5.76. The van der Waals surface area contributed by atoms with Crippen molar-refractivity contribution in [3.8, 4) is 0 Å². The first-order chi connectivity index (χ1) is 6.31. The summed E-state index contributed by atoms with van der Waals surface area (Å²) in [6.07, 6.45) is 3.80. The molecule has 70 valence electrons. The lowest BCUT2D eigenvalue weighted by atomic mass is 10.1. The van der Waals surface area contributed by atoms with Gasteiger partial charge in [-0.05, 0) is 0 Å². The van der Waals surface area contributed by atoms with Gasteiger partial charge < -0.3 is 4.90 Å². The van der Waals surface area contributed by atoms with Crippen LogP contribution in [0.1, 0.15) is 19.4 Å². The molecule has 0 spiro atoms. The van der Waals surface area contributed by atoms with E-state index in [1.807, 2.05) is 11.8 Å². The first-order valence-corrected chi connectivity index (χ1v) is 4.43. The molecule has 13 heavy (non-hydrogen) atoms. The molecule has 2 rings (SSSR count). The summed E-state index contributed by atoms with van der Waals surface area (Å²) in [6, 6.07) is 0.331. The molecule has 0 atom stereocenters. The van der Waals surface area contributed by atoms with Crippen LogP contribution in [0.25, 0.3) is 0 Å². The normalized spacial score (nSPS) is 17.2. The van der Waals surface area contributed by atoms with Crippen LogP contribution in [0.4, 0.5) is 0 Å². The minimum Gasteiger partial charge on any atom is -0.338 e. The van der Waals surface area contributed by atoms with Crippen LogP contribution in [-0.2, 0) is 4.79 Å². The molecule has 1 aromatic rings. The molecule has 0 saturated carbocycles. The van der Waals surface area contributed by atoms with Crippen LogP contribution in [0.3, 0.4) is 0 Å². The SMILES string of the molecule is CCC(=O)N1CC(n2cncn2)C1. The molecule has 1 aromatic heterocycles. The van der Waals surface area contributed by atoms with Crippen LogP contribution >= 0.6 is 0 Å². The predicted octanol–water partition coefficient (Wildman–Crippen LogP) is 0.0714. The van der Waals surface area contributed by atoms with Gasteiger partial charge in [-0.3, -0.25) is 4.79 Å². The van der Waals surface area contributed by atoms with E-state index in [9.17, 15) is 4.79 Å². The zero-order valence-electron chi connectivity index (χ0n) is 7.55. The minimum atomic E-state index is 0.219. The van der Waals surface area contributed by atoms with Crippen LogP contribution in [-0.4, -0.2) is 38.7 Å². The molecule has 1 amide bonds. The maximum atomic E-state index is 11.2. The third-order valence-corrected chi connectivity index (χ3v) is 2.33. The Hall–Kier alpha value is -1.39. The van der Waals surface area contributed by atoms with Crippen molar-refractivity contribution in [2.45, 2.75) is 19.4 Å². The summed E-state index contributed by atoms with van der Waals surface area (Å²) in [5.74, 6) is 0.219. The average molecular weight is 180 g/mol. The molecule has 2 heterocycles. The summed E-state index contributed by atoms with van der Waals surface area (Å²) in [7, 11) is 0. The van der Waals surface area contributed by atoms with E-state index in [1.165, 1.54) is 6.33 Å². The third-order valence-electron chi connectivity index (χ3n) is 2.33. The molecule has 1 fully saturated rings. The molecule has 0 radical (unpaired) electrons. The van der Waals surface area contributed by atoms with Gasteiger partial charge in [0.25, 0.3) is 0 Å². The van der Waals surface area contributed by atoms with Crippen LogP contribution in [0.5, 0.6) is 0 Å². The number of hydrogen-bond acceptors (Lipinski definition) is 3. The highest BCUT2D eigenvalue weighted by Crippen LogP contribution is 2.19. The molecule has 5 nitrogen and oxygen atoms in total. The smallest absolute Gasteiger partial charge is 0.222 e. The van der Waals surface area contributed by atoms with Gasteiger partial charge in [0, 0.05) is 19.5 Å². The lowest BCUT2D eigenvalue weighted by Gasteiger charge is -2.38. The van der Waals surface area contributed by atoms with Crippen molar-refractivity contribution >= 4 is 5.91 Å². The number of aromatic nitrogens is 3. The van der Waals surface area contributed by atoms with Gasteiger partial charge in [-0.15, -0.1) is 0 Å². The number of hydrogen-bond donors (Lipinski definition) is 0. The summed E-state index contributed by atoms with van der Waals surface area (Å²) in [6.45, 7) is 3.43. The Morgan fingerprint density at radius 2 is 2.38 bits per heavy atom. The molecular formula is C8H12N4O. The van der Waals surface area contributed by atoms with Crippen LogP contribution in [0, 0.1) is 0 Å². The maximum Gasteiger partial charge on any atom is 0.222 e. The summed E-state index contributed by atoms with van der Waals surface area (Å²) in [4.78, 5) is 16.9. The Bertz CT molecular complexity index is 289. The number of rotatable bonds is 2. The molecule has 0 aliphatic carbocycles. The van der Waals surface area contributed by atoms with Crippen molar-refractivity contribution in [2.75, 3.05) is 13.1 Å². The molecule has 0 aromatic carbocycles. The van der Waals surface area contributed by atoms with Crippen molar-refractivity contribution in [3.05, 3.63) is 12.7 Å². The van der Waals surface area contributed by atoms with Gasteiger partial charge in [-0.1, -0.05) is 6.92 Å². The molecule has 1 aliphatic rings. The van der Waals surface area contributed by atoms with Crippen molar-refractivity contribution in [1.82, 2.24) is 19.7 Å². The van der Waals surface area contributed by atoms with Crippen molar-refractivity contribution in [3.63, 3.8) is 0 Å². The standard InChI is InChI=1S/C8H12N4O/c1-2-8(13)11-3-7(4-11)12-6-9-5-10-12/h5-7H,2-4H2,1H3. The Kier molecular flexibility index (Phi) is 2.00. The van der Waals surface area contributed by atoms with Crippen molar-refractivity contribution < 1.29 is 4.79 Å². The van der Waals surface area contributed by atoms with Gasteiger partial charge in [0.05, 0.1) is 6.04 Å². The Morgan fingerprint density at radius 3 is 2.92 bits per heavy atom. The third kappa shape index (κ3) is 1.41. The fourth-order valence-electron chi connectivity index (χ4n) is 1.46. The Morgan fingerprint density at radius 1 is 1.62 bits per heavy atom. The number of amides is 1. The Labute approximate surface area is 76.4 Å². The average Bonchev–Trinajstić information content (AvgIpc) is 2.54. The van der Waals surface area contributed by atoms with Crippen molar-refractivity contribution in [1.29, 1.82) is 0 Å². The summed E-state index contributed by atoms with van der Waals surface area (Å²) in [5.41, 5.74) is 0. The Balaban J connectivity index is 1.89. The fraction of sp³-hybridized carbons (Fsp3) is 0.625. The van der Waals surface area contributed by atoms with E-state index in [4.69, 9.17) is 0 Å². The summed E-state index contributed by atoms with van der Waals surface area (Å²) >= 11 is 0. The maximum absolute atomic E-state index is 11.2. The van der Waals surface area contributed by atoms with Crippen molar-refractivity contribution in [2.24, 2.45) is 0 Å². The van der Waals surface area contributed by atoms with Gasteiger partial charge in [0.1, 0.15) is 12.7 Å². The van der Waals surface area contributed by atoms with Gasteiger partial charge >= 0.3 is 0 Å².